The van der Waals surface area contributed by atoms with E-state index in [2.05, 4.69) is 15.4 Å². The third kappa shape index (κ3) is 3.39. The summed E-state index contributed by atoms with van der Waals surface area (Å²) < 4.78 is 1.66. The fourth-order valence-electron chi connectivity index (χ4n) is 2.72. The first-order valence-electron chi connectivity index (χ1n) is 8.46. The molecule has 0 saturated carbocycles. The molecule has 1 aromatic carbocycles. The molecule has 0 atom stereocenters. The van der Waals surface area contributed by atoms with Gasteiger partial charge in [-0.2, -0.15) is 5.10 Å². The van der Waals surface area contributed by atoms with Gasteiger partial charge in [-0.1, -0.05) is 44.2 Å². The summed E-state index contributed by atoms with van der Waals surface area (Å²) in [4.78, 5) is 16.8. The van der Waals surface area contributed by atoms with Crippen molar-refractivity contribution in [2.75, 3.05) is 6.54 Å². The van der Waals surface area contributed by atoms with Gasteiger partial charge in [-0.25, -0.2) is 9.50 Å². The van der Waals surface area contributed by atoms with E-state index in [4.69, 9.17) is 0 Å². The van der Waals surface area contributed by atoms with Gasteiger partial charge in [-0.3, -0.25) is 4.79 Å². The predicted molar refractivity (Wildman–Crippen MR) is 96.3 cm³/mol. The van der Waals surface area contributed by atoms with Gasteiger partial charge in [0.2, 0.25) is 0 Å². The molecule has 2 heterocycles. The van der Waals surface area contributed by atoms with E-state index in [1.54, 1.807) is 10.7 Å². The van der Waals surface area contributed by atoms with E-state index < -0.39 is 5.60 Å². The molecule has 0 unspecified atom stereocenters. The van der Waals surface area contributed by atoms with Gasteiger partial charge in [0.15, 0.2) is 5.65 Å². The molecule has 0 saturated heterocycles. The van der Waals surface area contributed by atoms with Gasteiger partial charge in [0.1, 0.15) is 5.56 Å². The van der Waals surface area contributed by atoms with Crippen LogP contribution in [0.15, 0.2) is 48.8 Å². The van der Waals surface area contributed by atoms with Crippen LogP contribution >= 0.6 is 0 Å². The molecule has 1 amide bonds. The van der Waals surface area contributed by atoms with Gasteiger partial charge in [-0.05, 0) is 18.9 Å². The molecule has 0 aliphatic carbocycles. The van der Waals surface area contributed by atoms with Crippen molar-refractivity contribution < 1.29 is 9.90 Å². The maximum atomic E-state index is 12.5. The third-order valence-corrected chi connectivity index (χ3v) is 4.61. The Morgan fingerprint density at radius 2 is 1.92 bits per heavy atom. The van der Waals surface area contributed by atoms with E-state index >= 15 is 0 Å². The van der Waals surface area contributed by atoms with E-state index in [1.807, 2.05) is 50.2 Å². The van der Waals surface area contributed by atoms with Gasteiger partial charge in [0, 0.05) is 18.3 Å². The quantitative estimate of drug-likeness (QED) is 0.724. The number of fused-ring (bicyclic) bond motifs is 1. The van der Waals surface area contributed by atoms with Crippen LogP contribution in [-0.2, 0) is 0 Å². The van der Waals surface area contributed by atoms with Crippen molar-refractivity contribution in [3.05, 3.63) is 54.4 Å². The first-order valence-corrected chi connectivity index (χ1v) is 8.46. The topological polar surface area (TPSA) is 79.5 Å². The molecular weight excluding hydrogens is 316 g/mol. The zero-order chi connectivity index (χ0) is 17.9. The molecular formula is C19H22N4O2. The van der Waals surface area contributed by atoms with Crippen molar-refractivity contribution >= 4 is 11.6 Å². The van der Waals surface area contributed by atoms with Crippen molar-refractivity contribution in [1.82, 2.24) is 19.9 Å². The van der Waals surface area contributed by atoms with Crippen molar-refractivity contribution in [3.63, 3.8) is 0 Å². The molecule has 0 spiro atoms. The Bertz CT molecular complexity index is 870. The average Bonchev–Trinajstić information content (AvgIpc) is 3.11. The number of rotatable bonds is 6. The maximum Gasteiger partial charge on any atom is 0.256 e. The summed E-state index contributed by atoms with van der Waals surface area (Å²) in [5.74, 6) is -0.284. The minimum absolute atomic E-state index is 0.203. The van der Waals surface area contributed by atoms with E-state index in [0.29, 0.717) is 24.1 Å². The predicted octanol–water partition coefficient (Wildman–Crippen LogP) is 2.68. The Labute approximate surface area is 146 Å². The lowest BCUT2D eigenvalue weighted by atomic mass is 9.97. The van der Waals surface area contributed by atoms with E-state index in [-0.39, 0.29) is 12.5 Å². The summed E-state index contributed by atoms with van der Waals surface area (Å²) in [5, 5.41) is 17.5. The zero-order valence-corrected chi connectivity index (χ0v) is 14.4. The van der Waals surface area contributed by atoms with Crippen molar-refractivity contribution in [1.29, 1.82) is 0 Å². The van der Waals surface area contributed by atoms with E-state index in [1.165, 1.54) is 6.20 Å². The highest BCUT2D eigenvalue weighted by Crippen LogP contribution is 2.21. The smallest absolute Gasteiger partial charge is 0.256 e. The van der Waals surface area contributed by atoms with Crippen LogP contribution in [0.5, 0.6) is 0 Å². The molecule has 0 fully saturated rings. The van der Waals surface area contributed by atoms with E-state index in [0.717, 1.165) is 11.3 Å². The lowest BCUT2D eigenvalue weighted by Crippen LogP contribution is -2.42. The molecule has 6 nitrogen and oxygen atoms in total. The second-order valence-corrected chi connectivity index (χ2v) is 6.10. The number of benzene rings is 1. The van der Waals surface area contributed by atoms with Crippen LogP contribution in [-0.4, -0.2) is 37.8 Å². The van der Waals surface area contributed by atoms with E-state index in [9.17, 15) is 9.90 Å². The SMILES string of the molecule is CCC(O)(CC)CNC(=O)c1cnn2c(-c3ccccc3)ccnc12. The number of aliphatic hydroxyl groups is 1. The summed E-state index contributed by atoms with van der Waals surface area (Å²) >= 11 is 0. The highest BCUT2D eigenvalue weighted by molar-refractivity contribution is 5.99. The Hall–Kier alpha value is -2.73. The monoisotopic (exact) mass is 338 g/mol. The largest absolute Gasteiger partial charge is 0.388 e. The van der Waals surface area contributed by atoms with Gasteiger partial charge in [0.25, 0.3) is 5.91 Å². The number of carbonyl (C=O) groups excluding carboxylic acids is 1. The molecule has 0 aliphatic rings. The molecule has 3 rings (SSSR count). The molecule has 3 aromatic rings. The molecule has 2 N–H and O–H groups in total. The zero-order valence-electron chi connectivity index (χ0n) is 14.4. The maximum absolute atomic E-state index is 12.5. The van der Waals surface area contributed by atoms with Crippen molar-refractivity contribution in [3.8, 4) is 11.3 Å². The fraction of sp³-hybridized carbons (Fsp3) is 0.316. The van der Waals surface area contributed by atoms with Crippen LogP contribution in [0.1, 0.15) is 37.0 Å². The molecule has 6 heteroatoms. The third-order valence-electron chi connectivity index (χ3n) is 4.61. The van der Waals surface area contributed by atoms with Gasteiger partial charge in [0.05, 0.1) is 17.5 Å². The number of carbonyl (C=O) groups is 1. The average molecular weight is 338 g/mol. The molecule has 0 bridgehead atoms. The Balaban J connectivity index is 1.90. The molecule has 130 valence electrons. The molecule has 0 aliphatic heterocycles. The second kappa shape index (κ2) is 7.03. The van der Waals surface area contributed by atoms with Gasteiger partial charge < -0.3 is 10.4 Å². The highest BCUT2D eigenvalue weighted by atomic mass is 16.3. The second-order valence-electron chi connectivity index (χ2n) is 6.10. The Morgan fingerprint density at radius 3 is 2.60 bits per heavy atom. The summed E-state index contributed by atoms with van der Waals surface area (Å²) in [6.07, 6.45) is 4.34. The molecule has 25 heavy (non-hydrogen) atoms. The molecule has 0 radical (unpaired) electrons. The van der Waals surface area contributed by atoms with Crippen molar-refractivity contribution in [2.45, 2.75) is 32.3 Å². The normalized spacial score (nSPS) is 11.6. The van der Waals surface area contributed by atoms with Crippen LogP contribution in [0.4, 0.5) is 0 Å². The van der Waals surface area contributed by atoms with Crippen molar-refractivity contribution in [2.24, 2.45) is 0 Å². The van der Waals surface area contributed by atoms with Gasteiger partial charge in [-0.15, -0.1) is 0 Å². The Kier molecular flexibility index (Phi) is 4.81. The minimum Gasteiger partial charge on any atom is -0.388 e. The minimum atomic E-state index is -0.888. The van der Waals surface area contributed by atoms with Crippen LogP contribution in [0, 0.1) is 0 Å². The first kappa shape index (κ1) is 17.1. The fourth-order valence-corrected chi connectivity index (χ4v) is 2.72. The summed E-state index contributed by atoms with van der Waals surface area (Å²) in [6, 6.07) is 11.7. The first-order chi connectivity index (χ1) is 12.1. The highest BCUT2D eigenvalue weighted by Gasteiger charge is 2.24. The lowest BCUT2D eigenvalue weighted by molar-refractivity contribution is 0.0314. The standard InChI is InChI=1S/C19H22N4O2/c1-3-19(25,4-2)13-21-18(24)15-12-22-23-16(10-11-20-17(15)23)14-8-6-5-7-9-14/h5-12,25H,3-4,13H2,1-2H3,(H,21,24). The summed E-state index contributed by atoms with van der Waals surface area (Å²) in [6.45, 7) is 4.01. The lowest BCUT2D eigenvalue weighted by Gasteiger charge is -2.25. The number of amides is 1. The van der Waals surface area contributed by atoms with Crippen LogP contribution in [0.2, 0.25) is 0 Å². The summed E-state index contributed by atoms with van der Waals surface area (Å²) in [7, 11) is 0. The van der Waals surface area contributed by atoms with Gasteiger partial charge >= 0.3 is 0 Å². The number of nitrogens with one attached hydrogen (secondary N) is 1. The van der Waals surface area contributed by atoms with Crippen LogP contribution < -0.4 is 5.32 Å². The number of nitrogens with zero attached hydrogens (tertiary/aromatic N) is 3. The molecule has 2 aromatic heterocycles. The number of hydrogen-bond acceptors (Lipinski definition) is 4. The van der Waals surface area contributed by atoms with Crippen LogP contribution in [0.25, 0.3) is 16.9 Å². The Morgan fingerprint density at radius 1 is 1.20 bits per heavy atom. The number of hydrogen-bond donors (Lipinski definition) is 2. The van der Waals surface area contributed by atoms with Crippen LogP contribution in [0.3, 0.4) is 0 Å². The number of aromatic nitrogens is 3. The summed E-state index contributed by atoms with van der Waals surface area (Å²) in [5.41, 5.74) is 1.86.